The Morgan fingerprint density at radius 1 is 0.946 bits per heavy atom. The molecule has 0 saturated heterocycles. The summed E-state index contributed by atoms with van der Waals surface area (Å²) in [7, 11) is 0. The first-order valence-electron chi connectivity index (χ1n) is 11.9. The van der Waals surface area contributed by atoms with Gasteiger partial charge in [0.2, 0.25) is 17.7 Å². The van der Waals surface area contributed by atoms with E-state index in [1.54, 1.807) is 18.3 Å². The van der Waals surface area contributed by atoms with Crippen molar-refractivity contribution in [2.45, 2.75) is 63.2 Å². The molecular weight excluding hydrogens is 484 g/mol. The van der Waals surface area contributed by atoms with Crippen molar-refractivity contribution in [1.82, 2.24) is 20.9 Å². The standard InChI is InChI=1S/C24H34N6O7/c1-13(28-22(34)16(26)7-4-5-9-25)21(33)29-18(11-20(31)32)23(35)30-19(24(36)37)10-14-12-27-17-8-3-2-6-15(14)17/h2-3,6,8,12-13,16,18-19,27H,4-5,7,9-11,25-26H2,1H3,(H,28,34)(H,29,33)(H,30,35)(H,31,32)(H,36,37). The van der Waals surface area contributed by atoms with Crippen LogP contribution in [0.25, 0.3) is 10.9 Å². The van der Waals surface area contributed by atoms with E-state index in [9.17, 15) is 34.2 Å². The molecule has 202 valence electrons. The van der Waals surface area contributed by atoms with Crippen molar-refractivity contribution in [3.05, 3.63) is 36.0 Å². The quantitative estimate of drug-likeness (QED) is 0.138. The van der Waals surface area contributed by atoms with Crippen LogP contribution in [0.15, 0.2) is 30.5 Å². The van der Waals surface area contributed by atoms with Crippen LogP contribution in [0.2, 0.25) is 0 Å². The molecule has 2 aromatic rings. The number of H-pyrrole nitrogens is 1. The monoisotopic (exact) mass is 518 g/mol. The summed E-state index contributed by atoms with van der Waals surface area (Å²) in [6, 6.07) is 2.28. The van der Waals surface area contributed by atoms with Crippen molar-refractivity contribution in [1.29, 1.82) is 0 Å². The Labute approximate surface area is 213 Å². The lowest BCUT2D eigenvalue weighted by Crippen LogP contribution is -2.57. The minimum Gasteiger partial charge on any atom is -0.481 e. The fraction of sp³-hybridized carbons (Fsp3) is 0.458. The van der Waals surface area contributed by atoms with Crippen LogP contribution in [0, 0.1) is 0 Å². The Bertz CT molecular complexity index is 1120. The van der Waals surface area contributed by atoms with Gasteiger partial charge in [-0.3, -0.25) is 19.2 Å². The van der Waals surface area contributed by atoms with E-state index in [2.05, 4.69) is 20.9 Å². The van der Waals surface area contributed by atoms with Crippen LogP contribution in [0.4, 0.5) is 0 Å². The number of hydrogen-bond acceptors (Lipinski definition) is 7. The average molecular weight is 519 g/mol. The second kappa shape index (κ2) is 13.9. The van der Waals surface area contributed by atoms with Gasteiger partial charge in [0.15, 0.2) is 0 Å². The minimum atomic E-state index is -1.58. The number of nitrogens with one attached hydrogen (secondary N) is 4. The molecule has 0 aliphatic rings. The Morgan fingerprint density at radius 2 is 1.62 bits per heavy atom. The summed E-state index contributed by atoms with van der Waals surface area (Å²) >= 11 is 0. The predicted octanol–water partition coefficient (Wildman–Crippen LogP) is -0.800. The van der Waals surface area contributed by atoms with Crippen molar-refractivity contribution in [3.8, 4) is 0 Å². The Morgan fingerprint density at radius 3 is 2.27 bits per heavy atom. The zero-order valence-corrected chi connectivity index (χ0v) is 20.5. The van der Waals surface area contributed by atoms with Gasteiger partial charge in [0, 0.05) is 23.5 Å². The van der Waals surface area contributed by atoms with Crippen LogP contribution >= 0.6 is 0 Å². The van der Waals surface area contributed by atoms with Gasteiger partial charge in [-0.05, 0) is 37.9 Å². The number of aliphatic carboxylic acids is 2. The Kier molecular flexibility index (Phi) is 11.0. The number of benzene rings is 1. The first kappa shape index (κ1) is 29.3. The van der Waals surface area contributed by atoms with E-state index in [4.69, 9.17) is 11.5 Å². The summed E-state index contributed by atoms with van der Waals surface area (Å²) in [5, 5.41) is 26.7. The van der Waals surface area contributed by atoms with E-state index in [0.29, 0.717) is 31.4 Å². The number of aromatic amines is 1. The molecule has 37 heavy (non-hydrogen) atoms. The lowest BCUT2D eigenvalue weighted by atomic mass is 10.0. The molecule has 3 amide bonds. The number of nitrogens with two attached hydrogens (primary N) is 2. The zero-order valence-electron chi connectivity index (χ0n) is 20.5. The molecule has 13 heteroatoms. The second-order valence-corrected chi connectivity index (χ2v) is 8.74. The summed E-state index contributed by atoms with van der Waals surface area (Å²) in [5.41, 5.74) is 12.7. The first-order chi connectivity index (χ1) is 17.5. The van der Waals surface area contributed by atoms with Crippen LogP contribution in [0.1, 0.15) is 38.2 Å². The number of aromatic nitrogens is 1. The van der Waals surface area contributed by atoms with Crippen molar-refractivity contribution in [2.75, 3.05) is 6.54 Å². The molecule has 1 aromatic heterocycles. The first-order valence-corrected chi connectivity index (χ1v) is 11.9. The molecule has 13 nitrogen and oxygen atoms in total. The van der Waals surface area contributed by atoms with Crippen LogP contribution in [0.3, 0.4) is 0 Å². The normalized spacial score (nSPS) is 14.2. The van der Waals surface area contributed by atoms with Crippen LogP contribution in [-0.2, 0) is 30.4 Å². The van der Waals surface area contributed by atoms with Gasteiger partial charge in [0.1, 0.15) is 18.1 Å². The summed E-state index contributed by atoms with van der Waals surface area (Å²) in [6.07, 6.45) is 2.46. The van der Waals surface area contributed by atoms with Gasteiger partial charge in [-0.2, -0.15) is 0 Å². The van der Waals surface area contributed by atoms with Gasteiger partial charge in [-0.25, -0.2) is 4.79 Å². The van der Waals surface area contributed by atoms with Crippen molar-refractivity contribution < 1.29 is 34.2 Å². The van der Waals surface area contributed by atoms with Crippen molar-refractivity contribution in [2.24, 2.45) is 11.5 Å². The van der Waals surface area contributed by atoms with E-state index in [1.165, 1.54) is 6.92 Å². The van der Waals surface area contributed by atoms with Crippen molar-refractivity contribution >= 4 is 40.6 Å². The number of unbranched alkanes of at least 4 members (excludes halogenated alkanes) is 1. The van der Waals surface area contributed by atoms with Gasteiger partial charge >= 0.3 is 11.9 Å². The van der Waals surface area contributed by atoms with E-state index in [0.717, 1.165) is 10.9 Å². The van der Waals surface area contributed by atoms with Crippen LogP contribution in [0.5, 0.6) is 0 Å². The Balaban J connectivity index is 2.04. The topological polar surface area (TPSA) is 230 Å². The lowest BCUT2D eigenvalue weighted by Gasteiger charge is -2.23. The predicted molar refractivity (Wildman–Crippen MR) is 134 cm³/mol. The van der Waals surface area contributed by atoms with Gasteiger partial charge in [-0.1, -0.05) is 24.6 Å². The second-order valence-electron chi connectivity index (χ2n) is 8.74. The highest BCUT2D eigenvalue weighted by atomic mass is 16.4. The van der Waals surface area contributed by atoms with Gasteiger partial charge in [-0.15, -0.1) is 0 Å². The average Bonchev–Trinajstić information content (AvgIpc) is 3.25. The van der Waals surface area contributed by atoms with Gasteiger partial charge in [0.05, 0.1) is 12.5 Å². The largest absolute Gasteiger partial charge is 0.481 e. The van der Waals surface area contributed by atoms with E-state index >= 15 is 0 Å². The smallest absolute Gasteiger partial charge is 0.326 e. The molecule has 4 unspecified atom stereocenters. The molecule has 4 atom stereocenters. The van der Waals surface area contributed by atoms with Gasteiger partial charge in [0.25, 0.3) is 0 Å². The molecule has 0 radical (unpaired) electrons. The third-order valence-electron chi connectivity index (χ3n) is 5.78. The summed E-state index contributed by atoms with van der Waals surface area (Å²) in [6.45, 7) is 1.82. The molecule has 0 fully saturated rings. The number of para-hydroxylation sites is 1. The Hall–Kier alpha value is -3.97. The van der Waals surface area contributed by atoms with E-state index < -0.39 is 60.2 Å². The molecule has 0 saturated carbocycles. The maximum absolute atomic E-state index is 12.8. The number of carboxylic acids is 2. The molecule has 2 rings (SSSR count). The number of amides is 3. The molecule has 0 aliphatic carbocycles. The van der Waals surface area contributed by atoms with Crippen LogP contribution in [-0.4, -0.2) is 75.6 Å². The minimum absolute atomic E-state index is 0.0761. The highest BCUT2D eigenvalue weighted by Crippen LogP contribution is 2.19. The molecule has 1 aromatic carbocycles. The summed E-state index contributed by atoms with van der Waals surface area (Å²) < 4.78 is 0. The van der Waals surface area contributed by atoms with E-state index in [1.807, 2.05) is 12.1 Å². The summed E-state index contributed by atoms with van der Waals surface area (Å²) in [4.78, 5) is 63.9. The number of carbonyl (C=O) groups excluding carboxylic acids is 3. The van der Waals surface area contributed by atoms with Gasteiger partial charge < -0.3 is 42.6 Å². The maximum atomic E-state index is 12.8. The molecule has 1 heterocycles. The number of hydrogen-bond donors (Lipinski definition) is 8. The van der Waals surface area contributed by atoms with Crippen LogP contribution < -0.4 is 27.4 Å². The SMILES string of the molecule is CC(NC(=O)C(N)CCCCN)C(=O)NC(CC(=O)O)C(=O)NC(Cc1c[nH]c2ccccc12)C(=O)O. The molecule has 0 spiro atoms. The number of rotatable bonds is 15. The maximum Gasteiger partial charge on any atom is 0.326 e. The molecular formula is C24H34N6O7. The third-order valence-corrected chi connectivity index (χ3v) is 5.78. The third kappa shape index (κ3) is 8.88. The lowest BCUT2D eigenvalue weighted by molar-refractivity contribution is -0.143. The summed E-state index contributed by atoms with van der Waals surface area (Å²) in [5.74, 6) is -5.11. The highest BCUT2D eigenvalue weighted by molar-refractivity contribution is 5.95. The molecule has 10 N–H and O–H groups in total. The number of fused-ring (bicyclic) bond motifs is 1. The number of carbonyl (C=O) groups is 5. The molecule has 0 bridgehead atoms. The fourth-order valence-corrected chi connectivity index (χ4v) is 3.70. The molecule has 0 aliphatic heterocycles. The highest BCUT2D eigenvalue weighted by Gasteiger charge is 2.30. The zero-order chi connectivity index (χ0) is 27.5. The fourth-order valence-electron chi connectivity index (χ4n) is 3.70. The number of carboxylic acid groups (broad SMARTS) is 2. The van der Waals surface area contributed by atoms with Crippen molar-refractivity contribution in [3.63, 3.8) is 0 Å². The van der Waals surface area contributed by atoms with E-state index in [-0.39, 0.29) is 6.42 Å².